The van der Waals surface area contributed by atoms with Gasteiger partial charge in [-0.15, -0.1) is 23.1 Å². The van der Waals surface area contributed by atoms with Crippen molar-refractivity contribution in [1.82, 2.24) is 9.88 Å². The molecule has 0 aliphatic carbocycles. The predicted molar refractivity (Wildman–Crippen MR) is 120 cm³/mol. The smallest absolute Gasteiger partial charge is 0.238 e. The number of ether oxygens (including phenoxy) is 1. The molecule has 0 saturated carbocycles. The number of nitrogens with zero attached hydrogens (tertiary/aromatic N) is 2. The SMILES string of the molecule is C[C@@H]1CN(Cc2csc(NC(=O)C[C@@H]3Sc4ccc(Cl)cc4NC3=O)n2)C[C@H](C)O1. The van der Waals surface area contributed by atoms with Crippen LogP contribution in [0.1, 0.15) is 26.0 Å². The molecule has 0 bridgehead atoms. The van der Waals surface area contributed by atoms with Crippen LogP contribution in [-0.2, 0) is 20.9 Å². The standard InChI is InChI=1S/C20H23ClN4O3S2/c1-11-7-25(8-12(2)28-11)9-14-10-29-20(22-14)24-18(26)6-17-19(27)23-15-5-13(21)3-4-16(15)30-17/h3-5,10-12,17H,6-9H2,1-2H3,(H,23,27)(H,22,24,26)/t11-,12+,17-/m0/s1. The average molecular weight is 467 g/mol. The molecule has 1 aromatic heterocycles. The van der Waals surface area contributed by atoms with E-state index in [1.165, 1.54) is 23.1 Å². The molecule has 160 valence electrons. The molecule has 2 aromatic rings. The summed E-state index contributed by atoms with van der Waals surface area (Å²) in [4.78, 5) is 32.6. The van der Waals surface area contributed by atoms with E-state index in [-0.39, 0.29) is 30.4 Å². The Morgan fingerprint density at radius 3 is 2.90 bits per heavy atom. The van der Waals surface area contributed by atoms with Crippen LogP contribution >= 0.6 is 34.7 Å². The lowest BCUT2D eigenvalue weighted by molar-refractivity contribution is -0.120. The summed E-state index contributed by atoms with van der Waals surface area (Å²) < 4.78 is 5.76. The van der Waals surface area contributed by atoms with Gasteiger partial charge in [0.15, 0.2) is 5.13 Å². The fourth-order valence-electron chi connectivity index (χ4n) is 3.68. The minimum atomic E-state index is -0.491. The number of benzene rings is 1. The zero-order valence-corrected chi connectivity index (χ0v) is 19.1. The molecule has 0 radical (unpaired) electrons. The third-order valence-electron chi connectivity index (χ3n) is 4.81. The molecule has 7 nitrogen and oxygen atoms in total. The Bertz CT molecular complexity index is 944. The summed E-state index contributed by atoms with van der Waals surface area (Å²) in [5.41, 5.74) is 1.61. The summed E-state index contributed by atoms with van der Waals surface area (Å²) in [5, 5.41) is 8.24. The summed E-state index contributed by atoms with van der Waals surface area (Å²) in [6.45, 7) is 6.60. The molecule has 3 atom stereocenters. The number of aromatic nitrogens is 1. The van der Waals surface area contributed by atoms with Gasteiger partial charge in [-0.05, 0) is 32.0 Å². The van der Waals surface area contributed by atoms with Crippen molar-refractivity contribution in [2.75, 3.05) is 23.7 Å². The summed E-state index contributed by atoms with van der Waals surface area (Å²) in [6, 6.07) is 5.34. The van der Waals surface area contributed by atoms with Crippen LogP contribution in [0.15, 0.2) is 28.5 Å². The van der Waals surface area contributed by atoms with Crippen LogP contribution in [0.3, 0.4) is 0 Å². The minimum Gasteiger partial charge on any atom is -0.373 e. The summed E-state index contributed by atoms with van der Waals surface area (Å²) >= 11 is 8.75. The number of carbonyl (C=O) groups is 2. The Hall–Kier alpha value is -1.65. The Morgan fingerprint density at radius 2 is 2.13 bits per heavy atom. The Labute approximate surface area is 188 Å². The van der Waals surface area contributed by atoms with Gasteiger partial charge < -0.3 is 15.4 Å². The van der Waals surface area contributed by atoms with Crippen LogP contribution in [0.4, 0.5) is 10.8 Å². The number of anilines is 2. The lowest BCUT2D eigenvalue weighted by Gasteiger charge is -2.34. The van der Waals surface area contributed by atoms with E-state index in [2.05, 4.69) is 34.4 Å². The monoisotopic (exact) mass is 466 g/mol. The van der Waals surface area contributed by atoms with Gasteiger partial charge in [-0.3, -0.25) is 14.5 Å². The van der Waals surface area contributed by atoms with Gasteiger partial charge in [0.2, 0.25) is 11.8 Å². The highest BCUT2D eigenvalue weighted by Crippen LogP contribution is 2.38. The van der Waals surface area contributed by atoms with E-state index >= 15 is 0 Å². The first-order valence-corrected chi connectivity index (χ1v) is 11.9. The van der Waals surface area contributed by atoms with Crippen LogP contribution in [0.2, 0.25) is 5.02 Å². The molecular weight excluding hydrogens is 444 g/mol. The highest BCUT2D eigenvalue weighted by atomic mass is 35.5. The summed E-state index contributed by atoms with van der Waals surface area (Å²) in [7, 11) is 0. The number of halogens is 1. The molecular formula is C20H23ClN4O3S2. The number of thioether (sulfide) groups is 1. The van der Waals surface area contributed by atoms with E-state index in [0.29, 0.717) is 15.8 Å². The molecule has 30 heavy (non-hydrogen) atoms. The van der Waals surface area contributed by atoms with Crippen LogP contribution in [0.25, 0.3) is 0 Å². The second-order valence-corrected chi connectivity index (χ2v) is 10.1. The van der Waals surface area contributed by atoms with E-state index in [1.54, 1.807) is 12.1 Å². The van der Waals surface area contributed by atoms with E-state index < -0.39 is 5.25 Å². The molecule has 3 heterocycles. The third kappa shape index (κ3) is 5.33. The molecule has 0 unspecified atom stereocenters. The first-order valence-electron chi connectivity index (χ1n) is 9.75. The van der Waals surface area contributed by atoms with Crippen molar-refractivity contribution >= 4 is 57.3 Å². The van der Waals surface area contributed by atoms with Gasteiger partial charge in [-0.2, -0.15) is 0 Å². The zero-order chi connectivity index (χ0) is 21.3. The second kappa shape index (κ2) is 9.23. The van der Waals surface area contributed by atoms with Crippen LogP contribution in [-0.4, -0.2) is 52.2 Å². The highest BCUT2D eigenvalue weighted by Gasteiger charge is 2.29. The maximum atomic E-state index is 12.5. The van der Waals surface area contributed by atoms with Crippen molar-refractivity contribution in [3.63, 3.8) is 0 Å². The molecule has 0 spiro atoms. The zero-order valence-electron chi connectivity index (χ0n) is 16.7. The fourth-order valence-corrected chi connectivity index (χ4v) is 5.66. The number of rotatable bonds is 5. The normalized spacial score (nSPS) is 24.2. The number of hydrogen-bond acceptors (Lipinski definition) is 7. The third-order valence-corrected chi connectivity index (χ3v) is 7.13. The first-order chi connectivity index (χ1) is 14.4. The average Bonchev–Trinajstić information content (AvgIpc) is 3.08. The van der Waals surface area contributed by atoms with Crippen molar-refractivity contribution < 1.29 is 14.3 Å². The lowest BCUT2D eigenvalue weighted by Crippen LogP contribution is -2.44. The minimum absolute atomic E-state index is 0.0754. The molecule has 1 aromatic carbocycles. The summed E-state index contributed by atoms with van der Waals surface area (Å²) in [6.07, 6.45) is 0.477. The lowest BCUT2D eigenvalue weighted by atomic mass is 10.2. The largest absolute Gasteiger partial charge is 0.373 e. The van der Waals surface area contributed by atoms with E-state index in [1.807, 2.05) is 11.4 Å². The number of carbonyl (C=O) groups excluding carboxylic acids is 2. The van der Waals surface area contributed by atoms with Gasteiger partial charge in [-0.25, -0.2) is 4.98 Å². The van der Waals surface area contributed by atoms with Crippen molar-refractivity contribution in [1.29, 1.82) is 0 Å². The topological polar surface area (TPSA) is 83.6 Å². The predicted octanol–water partition coefficient (Wildman–Crippen LogP) is 3.85. The van der Waals surface area contributed by atoms with Crippen molar-refractivity contribution in [3.8, 4) is 0 Å². The molecule has 2 aliphatic heterocycles. The number of thiazole rings is 1. The highest BCUT2D eigenvalue weighted by molar-refractivity contribution is 8.01. The molecule has 10 heteroatoms. The Balaban J connectivity index is 1.31. The quantitative estimate of drug-likeness (QED) is 0.696. The molecule has 1 saturated heterocycles. The number of morpholine rings is 1. The fraction of sp³-hybridized carbons (Fsp3) is 0.450. The van der Waals surface area contributed by atoms with Gasteiger partial charge in [0.25, 0.3) is 0 Å². The second-order valence-electron chi connectivity index (χ2n) is 7.58. The first kappa shape index (κ1) is 21.6. The Kier molecular flexibility index (Phi) is 6.64. The Morgan fingerprint density at radius 1 is 1.37 bits per heavy atom. The molecule has 2 N–H and O–H groups in total. The van der Waals surface area contributed by atoms with Crippen molar-refractivity contribution in [2.45, 2.75) is 49.2 Å². The van der Waals surface area contributed by atoms with E-state index in [4.69, 9.17) is 16.3 Å². The van der Waals surface area contributed by atoms with Crippen LogP contribution in [0, 0.1) is 0 Å². The number of fused-ring (bicyclic) bond motifs is 1. The van der Waals surface area contributed by atoms with Gasteiger partial charge in [0.05, 0.1) is 28.8 Å². The van der Waals surface area contributed by atoms with E-state index in [0.717, 1.165) is 30.2 Å². The van der Waals surface area contributed by atoms with Gasteiger partial charge in [-0.1, -0.05) is 11.6 Å². The van der Waals surface area contributed by atoms with Gasteiger partial charge >= 0.3 is 0 Å². The van der Waals surface area contributed by atoms with Crippen LogP contribution < -0.4 is 10.6 Å². The van der Waals surface area contributed by atoms with Crippen LogP contribution in [0.5, 0.6) is 0 Å². The number of hydrogen-bond donors (Lipinski definition) is 2. The van der Waals surface area contributed by atoms with Gasteiger partial charge in [0.1, 0.15) is 0 Å². The van der Waals surface area contributed by atoms with Gasteiger partial charge in [0, 0.05) is 41.4 Å². The summed E-state index contributed by atoms with van der Waals surface area (Å²) in [5.74, 6) is -0.421. The molecule has 2 aliphatic rings. The van der Waals surface area contributed by atoms with Crippen molar-refractivity contribution in [3.05, 3.63) is 34.3 Å². The maximum absolute atomic E-state index is 12.5. The molecule has 4 rings (SSSR count). The number of amides is 2. The molecule has 2 amide bonds. The maximum Gasteiger partial charge on any atom is 0.238 e. The van der Waals surface area contributed by atoms with Crippen molar-refractivity contribution in [2.24, 2.45) is 0 Å². The van der Waals surface area contributed by atoms with E-state index in [9.17, 15) is 9.59 Å². The molecule has 1 fully saturated rings. The number of nitrogens with one attached hydrogen (secondary N) is 2.